The maximum atomic E-state index is 12.8. The van der Waals surface area contributed by atoms with Crippen LogP contribution in [0.2, 0.25) is 0 Å². The highest BCUT2D eigenvalue weighted by molar-refractivity contribution is 5.81. The number of hydrogen-bond donors (Lipinski definition) is 2. The van der Waals surface area contributed by atoms with E-state index in [-0.39, 0.29) is 23.5 Å². The van der Waals surface area contributed by atoms with Crippen LogP contribution in [0.25, 0.3) is 0 Å². The number of likely N-dealkylation sites (tertiary alicyclic amines) is 1. The molecular weight excluding hydrogens is 342 g/mol. The van der Waals surface area contributed by atoms with Crippen molar-refractivity contribution in [3.05, 3.63) is 0 Å². The van der Waals surface area contributed by atoms with Crippen LogP contribution in [0.4, 0.5) is 0 Å². The zero-order valence-corrected chi connectivity index (χ0v) is 17.5. The molecule has 2 N–H and O–H groups in total. The van der Waals surface area contributed by atoms with Gasteiger partial charge in [-0.25, -0.2) is 0 Å². The Labute approximate surface area is 164 Å². The average molecular weight is 382 g/mol. The molecule has 3 aliphatic rings. The van der Waals surface area contributed by atoms with E-state index in [4.69, 9.17) is 0 Å². The number of carbonyl (C=O) groups excluding carboxylic acids is 2. The van der Waals surface area contributed by atoms with Crippen LogP contribution in [0.15, 0.2) is 0 Å². The summed E-state index contributed by atoms with van der Waals surface area (Å²) in [5.74, 6) is 0.748. The summed E-state index contributed by atoms with van der Waals surface area (Å²) in [6.45, 7) is 11.7. The first-order chi connectivity index (χ1) is 13.0. The predicted molar refractivity (Wildman–Crippen MR) is 108 cm³/mol. The zero-order valence-electron chi connectivity index (χ0n) is 17.5. The van der Waals surface area contributed by atoms with Crippen LogP contribution < -0.4 is 5.32 Å². The minimum Gasteiger partial charge on any atom is -0.388 e. The van der Waals surface area contributed by atoms with Gasteiger partial charge < -0.3 is 15.3 Å². The molecule has 2 saturated heterocycles. The summed E-state index contributed by atoms with van der Waals surface area (Å²) in [7, 11) is 0. The second-order valence-electron chi connectivity index (χ2n) is 8.23. The molecule has 27 heavy (non-hydrogen) atoms. The zero-order chi connectivity index (χ0) is 19.9. The number of nitrogens with zero attached hydrogens (tertiary/aromatic N) is 2. The SMILES string of the molecule is CC.CC(=O)C1CCC(C(=O)N2CCC(O)(CN3CCNCC3)CC2)CC1. The van der Waals surface area contributed by atoms with E-state index in [1.165, 1.54) is 0 Å². The number of piperidine rings is 1. The molecular formula is C21H39N3O3. The van der Waals surface area contributed by atoms with Gasteiger partial charge in [-0.2, -0.15) is 0 Å². The summed E-state index contributed by atoms with van der Waals surface area (Å²) in [5, 5.41) is 14.2. The van der Waals surface area contributed by atoms with E-state index < -0.39 is 5.60 Å². The van der Waals surface area contributed by atoms with Gasteiger partial charge in [0.15, 0.2) is 0 Å². The monoisotopic (exact) mass is 381 g/mol. The molecule has 2 aliphatic heterocycles. The van der Waals surface area contributed by atoms with Crippen LogP contribution >= 0.6 is 0 Å². The number of piperazine rings is 1. The number of rotatable bonds is 4. The molecule has 2 heterocycles. The Morgan fingerprint density at radius 2 is 1.48 bits per heavy atom. The first kappa shape index (κ1) is 22.3. The van der Waals surface area contributed by atoms with Gasteiger partial charge in [0, 0.05) is 57.6 Å². The lowest BCUT2D eigenvalue weighted by molar-refractivity contribution is -0.142. The van der Waals surface area contributed by atoms with E-state index in [9.17, 15) is 14.7 Å². The van der Waals surface area contributed by atoms with Gasteiger partial charge in [-0.05, 0) is 45.4 Å². The molecule has 0 atom stereocenters. The molecule has 0 aromatic rings. The van der Waals surface area contributed by atoms with Crippen molar-refractivity contribution >= 4 is 11.7 Å². The van der Waals surface area contributed by atoms with Gasteiger partial charge in [0.05, 0.1) is 5.60 Å². The quantitative estimate of drug-likeness (QED) is 0.775. The summed E-state index contributed by atoms with van der Waals surface area (Å²) in [5.41, 5.74) is -0.652. The molecule has 6 nitrogen and oxygen atoms in total. The van der Waals surface area contributed by atoms with E-state index in [2.05, 4.69) is 10.2 Å². The molecule has 1 aliphatic carbocycles. The number of β-amino-alcohol motifs (C(OH)–C–C–N with tert-alkyl or cyclic N) is 1. The van der Waals surface area contributed by atoms with Gasteiger partial charge in [0.25, 0.3) is 0 Å². The van der Waals surface area contributed by atoms with Gasteiger partial charge in [-0.3, -0.25) is 14.5 Å². The van der Waals surface area contributed by atoms with Crippen LogP contribution in [0, 0.1) is 11.8 Å². The topological polar surface area (TPSA) is 72.9 Å². The number of ketones is 1. The Morgan fingerprint density at radius 1 is 0.963 bits per heavy atom. The number of hydrogen-bond acceptors (Lipinski definition) is 5. The van der Waals surface area contributed by atoms with Crippen LogP contribution in [0.3, 0.4) is 0 Å². The number of carbonyl (C=O) groups is 2. The van der Waals surface area contributed by atoms with Crippen molar-refractivity contribution in [1.29, 1.82) is 0 Å². The van der Waals surface area contributed by atoms with E-state index in [0.29, 0.717) is 25.9 Å². The third kappa shape index (κ3) is 6.26. The van der Waals surface area contributed by atoms with Gasteiger partial charge in [0.1, 0.15) is 5.78 Å². The normalized spacial score (nSPS) is 28.8. The van der Waals surface area contributed by atoms with Crippen molar-refractivity contribution in [3.63, 3.8) is 0 Å². The van der Waals surface area contributed by atoms with Gasteiger partial charge >= 0.3 is 0 Å². The first-order valence-corrected chi connectivity index (χ1v) is 10.9. The molecule has 1 amide bonds. The minimum absolute atomic E-state index is 0.0787. The van der Waals surface area contributed by atoms with Crippen molar-refractivity contribution < 1.29 is 14.7 Å². The second kappa shape index (κ2) is 10.5. The minimum atomic E-state index is -0.652. The number of aliphatic hydroxyl groups is 1. The highest BCUT2D eigenvalue weighted by atomic mass is 16.3. The van der Waals surface area contributed by atoms with Crippen LogP contribution in [-0.4, -0.2) is 78.0 Å². The molecule has 0 aromatic heterocycles. The summed E-state index contributed by atoms with van der Waals surface area (Å²) in [6, 6.07) is 0. The highest BCUT2D eigenvalue weighted by Crippen LogP contribution is 2.32. The van der Waals surface area contributed by atoms with Crippen molar-refractivity contribution in [2.75, 3.05) is 45.8 Å². The maximum absolute atomic E-state index is 12.8. The predicted octanol–water partition coefficient (Wildman–Crippen LogP) is 1.67. The average Bonchev–Trinajstić information content (AvgIpc) is 2.70. The van der Waals surface area contributed by atoms with E-state index >= 15 is 0 Å². The molecule has 0 aromatic carbocycles. The Balaban J connectivity index is 0.00000126. The first-order valence-electron chi connectivity index (χ1n) is 10.9. The maximum Gasteiger partial charge on any atom is 0.225 e. The smallest absolute Gasteiger partial charge is 0.225 e. The number of Topliss-reactive ketones (excluding diaryl/α,β-unsaturated/α-hetero) is 1. The molecule has 3 rings (SSSR count). The largest absolute Gasteiger partial charge is 0.388 e. The third-order valence-corrected chi connectivity index (χ3v) is 6.38. The van der Waals surface area contributed by atoms with Gasteiger partial charge in [-0.15, -0.1) is 0 Å². The third-order valence-electron chi connectivity index (χ3n) is 6.38. The van der Waals surface area contributed by atoms with E-state index in [1.54, 1.807) is 6.92 Å². The lowest BCUT2D eigenvalue weighted by Gasteiger charge is -2.43. The van der Waals surface area contributed by atoms with Crippen molar-refractivity contribution in [1.82, 2.24) is 15.1 Å². The molecule has 3 fully saturated rings. The summed E-state index contributed by atoms with van der Waals surface area (Å²) >= 11 is 0. The van der Waals surface area contributed by atoms with E-state index in [1.807, 2.05) is 18.7 Å². The Hall–Kier alpha value is -0.980. The molecule has 0 unspecified atom stereocenters. The van der Waals surface area contributed by atoms with Gasteiger partial charge in [-0.1, -0.05) is 13.8 Å². The van der Waals surface area contributed by atoms with Crippen molar-refractivity contribution in [2.24, 2.45) is 11.8 Å². The van der Waals surface area contributed by atoms with Crippen molar-refractivity contribution in [2.45, 2.75) is 64.9 Å². The summed E-state index contributed by atoms with van der Waals surface area (Å²) in [6.07, 6.45) is 4.73. The lowest BCUT2D eigenvalue weighted by atomic mass is 9.79. The van der Waals surface area contributed by atoms with E-state index in [0.717, 1.165) is 58.4 Å². The lowest BCUT2D eigenvalue weighted by Crippen LogP contribution is -2.55. The molecule has 156 valence electrons. The van der Waals surface area contributed by atoms with Crippen molar-refractivity contribution in [3.8, 4) is 0 Å². The fourth-order valence-corrected chi connectivity index (χ4v) is 4.59. The molecule has 6 heteroatoms. The Kier molecular flexibility index (Phi) is 8.70. The standard InChI is InChI=1S/C19H33N3O3.C2H6/c1-15(23)16-2-4-17(5-3-16)18(24)22-10-6-19(25,7-11-22)14-21-12-8-20-9-13-21;1-2/h16-17,20,25H,2-14H2,1H3;1-2H3. The van der Waals surface area contributed by atoms with Crippen LogP contribution in [0.5, 0.6) is 0 Å². The molecule has 0 spiro atoms. The molecule has 0 radical (unpaired) electrons. The number of amides is 1. The summed E-state index contributed by atoms with van der Waals surface area (Å²) < 4.78 is 0. The van der Waals surface area contributed by atoms with Gasteiger partial charge in [0.2, 0.25) is 5.91 Å². The second-order valence-corrected chi connectivity index (χ2v) is 8.23. The Bertz CT molecular complexity index is 475. The Morgan fingerprint density at radius 3 is 2.00 bits per heavy atom. The molecule has 1 saturated carbocycles. The summed E-state index contributed by atoms with van der Waals surface area (Å²) in [4.78, 5) is 28.5. The number of nitrogens with one attached hydrogen (secondary N) is 1. The fourth-order valence-electron chi connectivity index (χ4n) is 4.59. The van der Waals surface area contributed by atoms with Crippen LogP contribution in [0.1, 0.15) is 59.3 Å². The van der Waals surface area contributed by atoms with Crippen LogP contribution in [-0.2, 0) is 9.59 Å². The fraction of sp³-hybridized carbons (Fsp3) is 0.905. The highest BCUT2D eigenvalue weighted by Gasteiger charge is 2.38. The molecule has 0 bridgehead atoms.